The summed E-state index contributed by atoms with van der Waals surface area (Å²) in [4.78, 5) is 25.6. The minimum Gasteiger partial charge on any atom is -0.484 e. The molecule has 12 heteroatoms. The number of rotatable bonds is 8. The highest BCUT2D eigenvalue weighted by molar-refractivity contribution is 6.30. The molecule has 2 aromatic carbocycles. The Bertz CT molecular complexity index is 1150. The van der Waals surface area contributed by atoms with E-state index in [0.717, 1.165) is 18.2 Å². The van der Waals surface area contributed by atoms with Gasteiger partial charge >= 0.3 is 6.36 Å². The van der Waals surface area contributed by atoms with E-state index in [1.165, 1.54) is 24.3 Å². The Kier molecular flexibility index (Phi) is 7.57. The first-order valence-corrected chi connectivity index (χ1v) is 12.0. The molecule has 7 nitrogen and oxygen atoms in total. The SMILES string of the molecule is O=C(COc1ccc(Cl)c(F)c1)NC12CCC(C(=O)NCc3ccc(OC(F)(F)F)cc3)(CC1)C(O)C2. The highest BCUT2D eigenvalue weighted by Crippen LogP contribution is 2.52. The predicted octanol–water partition coefficient (Wildman–Crippen LogP) is 4.25. The van der Waals surface area contributed by atoms with Crippen LogP contribution in [0.4, 0.5) is 17.6 Å². The summed E-state index contributed by atoms with van der Waals surface area (Å²) in [6.45, 7) is -0.276. The summed E-state index contributed by atoms with van der Waals surface area (Å²) in [5, 5.41) is 16.5. The van der Waals surface area contributed by atoms with E-state index < -0.39 is 35.1 Å². The van der Waals surface area contributed by atoms with Crippen molar-refractivity contribution in [2.45, 2.75) is 56.7 Å². The zero-order chi connectivity index (χ0) is 26.8. The van der Waals surface area contributed by atoms with Crippen molar-refractivity contribution in [2.24, 2.45) is 5.41 Å². The summed E-state index contributed by atoms with van der Waals surface area (Å²) in [5.74, 6) is -1.65. The highest BCUT2D eigenvalue weighted by Gasteiger charge is 2.58. The first-order valence-electron chi connectivity index (χ1n) is 11.6. The average molecular weight is 545 g/mol. The number of amides is 2. The second kappa shape index (κ2) is 10.4. The monoisotopic (exact) mass is 544 g/mol. The smallest absolute Gasteiger partial charge is 0.484 e. The molecule has 0 saturated heterocycles. The van der Waals surface area contributed by atoms with Crippen LogP contribution >= 0.6 is 11.6 Å². The molecule has 1 atom stereocenters. The largest absolute Gasteiger partial charge is 0.573 e. The van der Waals surface area contributed by atoms with Gasteiger partial charge in [-0.15, -0.1) is 13.2 Å². The molecule has 3 saturated carbocycles. The molecule has 3 N–H and O–H groups in total. The minimum atomic E-state index is -4.79. The third-order valence-corrected chi connectivity index (χ3v) is 7.36. The number of hydrogen-bond donors (Lipinski definition) is 3. The normalized spacial score (nSPS) is 24.9. The highest BCUT2D eigenvalue weighted by atomic mass is 35.5. The summed E-state index contributed by atoms with van der Waals surface area (Å²) in [6, 6.07) is 9.00. The average Bonchev–Trinajstić information content (AvgIpc) is 2.83. The van der Waals surface area contributed by atoms with Crippen LogP contribution in [0.5, 0.6) is 11.5 Å². The molecule has 0 spiro atoms. The van der Waals surface area contributed by atoms with Gasteiger partial charge in [0, 0.05) is 18.2 Å². The molecule has 0 aromatic heterocycles. The Morgan fingerprint density at radius 2 is 1.70 bits per heavy atom. The molecular weight excluding hydrogens is 520 g/mol. The lowest BCUT2D eigenvalue weighted by molar-refractivity contribution is -0.274. The number of aliphatic hydroxyl groups excluding tert-OH is 1. The fraction of sp³-hybridized carbons (Fsp3) is 0.440. The van der Waals surface area contributed by atoms with Crippen molar-refractivity contribution in [1.29, 1.82) is 0 Å². The van der Waals surface area contributed by atoms with Gasteiger partial charge in [0.2, 0.25) is 5.91 Å². The van der Waals surface area contributed by atoms with E-state index in [1.807, 2.05) is 0 Å². The molecule has 0 aliphatic heterocycles. The topological polar surface area (TPSA) is 96.9 Å². The van der Waals surface area contributed by atoms with Crippen molar-refractivity contribution in [3.63, 3.8) is 0 Å². The lowest BCUT2D eigenvalue weighted by Gasteiger charge is -2.55. The van der Waals surface area contributed by atoms with Crippen LogP contribution in [0.1, 0.15) is 37.7 Å². The summed E-state index contributed by atoms with van der Waals surface area (Å²) in [7, 11) is 0. The molecule has 0 heterocycles. The number of aliphatic hydroxyl groups is 1. The van der Waals surface area contributed by atoms with E-state index >= 15 is 0 Å². The van der Waals surface area contributed by atoms with Crippen LogP contribution in [0.25, 0.3) is 0 Å². The van der Waals surface area contributed by atoms with Crippen LogP contribution in [-0.4, -0.2) is 41.5 Å². The minimum absolute atomic E-state index is 0.0601. The molecule has 37 heavy (non-hydrogen) atoms. The quantitative estimate of drug-likeness (QED) is 0.432. The van der Waals surface area contributed by atoms with Crippen LogP contribution in [0, 0.1) is 11.2 Å². The van der Waals surface area contributed by atoms with Gasteiger partial charge in [-0.25, -0.2) is 4.39 Å². The van der Waals surface area contributed by atoms with E-state index in [4.69, 9.17) is 16.3 Å². The molecule has 3 fully saturated rings. The van der Waals surface area contributed by atoms with Gasteiger partial charge in [0.1, 0.15) is 17.3 Å². The van der Waals surface area contributed by atoms with Gasteiger partial charge in [0.15, 0.2) is 6.61 Å². The Labute approximate surface area is 215 Å². The van der Waals surface area contributed by atoms with E-state index in [0.29, 0.717) is 31.2 Å². The number of benzene rings is 2. The summed E-state index contributed by atoms with van der Waals surface area (Å²) in [6.07, 6.45) is -3.95. The van der Waals surface area contributed by atoms with E-state index in [2.05, 4.69) is 15.4 Å². The number of carbonyl (C=O) groups excluding carboxylic acids is 2. The fourth-order valence-electron chi connectivity index (χ4n) is 5.05. The van der Waals surface area contributed by atoms with Gasteiger partial charge in [0.05, 0.1) is 16.5 Å². The number of fused-ring (bicyclic) bond motifs is 3. The Morgan fingerprint density at radius 3 is 2.30 bits per heavy atom. The second-order valence-electron chi connectivity index (χ2n) is 9.44. The van der Waals surface area contributed by atoms with E-state index in [-0.39, 0.29) is 42.0 Å². The molecular formula is C25H25ClF4N2O5. The first kappa shape index (κ1) is 27.0. The number of carbonyl (C=O) groups is 2. The summed E-state index contributed by atoms with van der Waals surface area (Å²) < 4.78 is 59.6. The second-order valence-corrected chi connectivity index (χ2v) is 9.85. The van der Waals surface area contributed by atoms with Crippen LogP contribution in [-0.2, 0) is 16.1 Å². The number of hydrogen-bond acceptors (Lipinski definition) is 5. The first-order chi connectivity index (χ1) is 17.4. The van der Waals surface area contributed by atoms with Crippen molar-refractivity contribution in [1.82, 2.24) is 10.6 Å². The van der Waals surface area contributed by atoms with E-state index in [1.54, 1.807) is 0 Å². The van der Waals surface area contributed by atoms with E-state index in [9.17, 15) is 32.3 Å². The van der Waals surface area contributed by atoms with Gasteiger partial charge in [0.25, 0.3) is 5.91 Å². The van der Waals surface area contributed by atoms with Crippen molar-refractivity contribution in [2.75, 3.05) is 6.61 Å². The molecule has 3 aliphatic rings. The molecule has 2 amide bonds. The molecule has 0 radical (unpaired) electrons. The van der Waals surface area contributed by atoms with Gasteiger partial charge < -0.3 is 25.2 Å². The maximum Gasteiger partial charge on any atom is 0.573 e. The Balaban J connectivity index is 1.29. The molecule has 1 unspecified atom stereocenters. The number of alkyl halides is 3. The van der Waals surface area contributed by atoms with Crippen molar-refractivity contribution >= 4 is 23.4 Å². The molecule has 3 aliphatic carbocycles. The standard InChI is InChI=1S/C25H25ClF4N2O5/c26-18-6-5-17(11-19(18)27)36-14-21(34)32-23-7-9-24(10-8-23,20(33)12-23)22(35)31-13-15-1-3-16(4-2-15)37-25(28,29)30/h1-6,11,20,33H,7-10,12-14H2,(H,31,35)(H,32,34). The van der Waals surface area contributed by atoms with Crippen molar-refractivity contribution in [3.8, 4) is 11.5 Å². The molecule has 2 bridgehead atoms. The summed E-state index contributed by atoms with van der Waals surface area (Å²) >= 11 is 5.64. The Morgan fingerprint density at radius 1 is 1.05 bits per heavy atom. The van der Waals surface area contributed by atoms with Crippen LogP contribution in [0.2, 0.25) is 5.02 Å². The molecule has 200 valence electrons. The molecule has 5 rings (SSSR count). The maximum atomic E-state index is 13.5. The van der Waals surface area contributed by atoms with Gasteiger partial charge in [-0.1, -0.05) is 23.7 Å². The van der Waals surface area contributed by atoms with Crippen molar-refractivity contribution < 1.29 is 41.7 Å². The molecule has 2 aromatic rings. The Hall–Kier alpha value is -3.05. The van der Waals surface area contributed by atoms with Crippen LogP contribution in [0.3, 0.4) is 0 Å². The van der Waals surface area contributed by atoms with Crippen LogP contribution < -0.4 is 20.1 Å². The zero-order valence-corrected chi connectivity index (χ0v) is 20.3. The number of ether oxygens (including phenoxy) is 2. The number of nitrogens with one attached hydrogen (secondary N) is 2. The zero-order valence-electron chi connectivity index (χ0n) is 19.5. The van der Waals surface area contributed by atoms with Gasteiger partial charge in [-0.05, 0) is 61.9 Å². The lowest BCUT2D eigenvalue weighted by Crippen LogP contribution is -2.65. The predicted molar refractivity (Wildman–Crippen MR) is 124 cm³/mol. The van der Waals surface area contributed by atoms with Crippen LogP contribution in [0.15, 0.2) is 42.5 Å². The fourth-order valence-corrected chi connectivity index (χ4v) is 5.16. The third-order valence-electron chi connectivity index (χ3n) is 7.05. The van der Waals surface area contributed by atoms with Gasteiger partial charge in [-0.2, -0.15) is 0 Å². The third kappa shape index (κ3) is 6.27. The van der Waals surface area contributed by atoms with Gasteiger partial charge in [-0.3, -0.25) is 9.59 Å². The maximum absolute atomic E-state index is 13.5. The van der Waals surface area contributed by atoms with Crippen molar-refractivity contribution in [3.05, 3.63) is 58.9 Å². The number of halogens is 5. The lowest BCUT2D eigenvalue weighted by atomic mass is 9.55. The summed E-state index contributed by atoms with van der Waals surface area (Å²) in [5.41, 5.74) is -1.12.